The van der Waals surface area contributed by atoms with Gasteiger partial charge in [0.05, 0.1) is 11.1 Å². The summed E-state index contributed by atoms with van der Waals surface area (Å²) in [7, 11) is 1.52. The molecule has 0 atom stereocenters. The number of aryl methyl sites for hydroxylation is 1. The van der Waals surface area contributed by atoms with Crippen molar-refractivity contribution in [2.75, 3.05) is 0 Å². The lowest BCUT2D eigenvalue weighted by Gasteiger charge is -2.04. The monoisotopic (exact) mass is 225 g/mol. The van der Waals surface area contributed by atoms with Crippen molar-refractivity contribution < 1.29 is 13.2 Å². The van der Waals surface area contributed by atoms with Crippen LogP contribution in [0.15, 0.2) is 18.2 Å². The van der Waals surface area contributed by atoms with Crippen LogP contribution in [0.2, 0.25) is 0 Å². The molecular weight excluding hydrogens is 219 g/mol. The molecule has 0 radical (unpaired) electrons. The van der Waals surface area contributed by atoms with Gasteiger partial charge in [0.25, 0.3) is 0 Å². The number of benzene rings is 1. The number of aromatic nitrogens is 2. The molecule has 0 unspecified atom stereocenters. The summed E-state index contributed by atoms with van der Waals surface area (Å²) in [5.41, 5.74) is -0.333. The summed E-state index contributed by atoms with van der Waals surface area (Å²) in [6.07, 6.45) is -4.39. The molecule has 0 fully saturated rings. The van der Waals surface area contributed by atoms with Crippen LogP contribution in [-0.2, 0) is 13.2 Å². The van der Waals surface area contributed by atoms with E-state index in [4.69, 9.17) is 5.26 Å². The summed E-state index contributed by atoms with van der Waals surface area (Å²) in [5.74, 6) is 0. The van der Waals surface area contributed by atoms with E-state index in [9.17, 15) is 13.2 Å². The molecule has 0 saturated heterocycles. The zero-order valence-corrected chi connectivity index (χ0v) is 8.21. The second-order valence-electron chi connectivity index (χ2n) is 3.31. The van der Waals surface area contributed by atoms with Gasteiger partial charge in [0.15, 0.2) is 0 Å². The third-order valence-electron chi connectivity index (χ3n) is 2.27. The third kappa shape index (κ3) is 1.50. The van der Waals surface area contributed by atoms with E-state index in [0.717, 1.165) is 12.1 Å². The van der Waals surface area contributed by atoms with Gasteiger partial charge in [-0.3, -0.25) is 4.68 Å². The lowest BCUT2D eigenvalue weighted by molar-refractivity contribution is -0.137. The number of alkyl halides is 3. The quantitative estimate of drug-likeness (QED) is 0.691. The first kappa shape index (κ1) is 10.5. The fourth-order valence-corrected chi connectivity index (χ4v) is 1.51. The number of fused-ring (bicyclic) bond motifs is 1. The third-order valence-corrected chi connectivity index (χ3v) is 2.27. The topological polar surface area (TPSA) is 41.6 Å². The van der Waals surface area contributed by atoms with Crippen LogP contribution in [-0.4, -0.2) is 9.78 Å². The van der Waals surface area contributed by atoms with Crippen molar-refractivity contribution >= 4 is 10.9 Å². The van der Waals surface area contributed by atoms with Gasteiger partial charge in [0.1, 0.15) is 11.8 Å². The van der Waals surface area contributed by atoms with Crippen LogP contribution in [0, 0.1) is 11.3 Å². The summed E-state index contributed by atoms with van der Waals surface area (Å²) >= 11 is 0. The summed E-state index contributed by atoms with van der Waals surface area (Å²) in [4.78, 5) is 0. The van der Waals surface area contributed by atoms with Crippen molar-refractivity contribution in [3.05, 3.63) is 29.5 Å². The molecule has 0 saturated carbocycles. The van der Waals surface area contributed by atoms with Crippen LogP contribution in [0.5, 0.6) is 0 Å². The van der Waals surface area contributed by atoms with Crippen molar-refractivity contribution in [3.63, 3.8) is 0 Å². The van der Waals surface area contributed by atoms with Gasteiger partial charge in [-0.25, -0.2) is 0 Å². The highest BCUT2D eigenvalue weighted by Crippen LogP contribution is 2.31. The standard InChI is InChI=1S/C10H6F3N3/c1-16-9(5-14)7-3-2-6(10(11,12)13)4-8(7)15-16/h2-4H,1H3. The Kier molecular flexibility index (Phi) is 2.12. The fourth-order valence-electron chi connectivity index (χ4n) is 1.51. The number of rotatable bonds is 0. The Morgan fingerprint density at radius 2 is 2.06 bits per heavy atom. The predicted molar refractivity (Wildman–Crippen MR) is 50.4 cm³/mol. The lowest BCUT2D eigenvalue weighted by Crippen LogP contribution is -2.04. The highest BCUT2D eigenvalue weighted by atomic mass is 19.4. The number of hydrogen-bond acceptors (Lipinski definition) is 2. The van der Waals surface area contributed by atoms with E-state index in [1.165, 1.54) is 17.8 Å². The van der Waals surface area contributed by atoms with Crippen molar-refractivity contribution in [1.82, 2.24) is 9.78 Å². The molecule has 1 aromatic heterocycles. The van der Waals surface area contributed by atoms with Gasteiger partial charge < -0.3 is 0 Å². The molecule has 2 rings (SSSR count). The molecule has 82 valence electrons. The van der Waals surface area contributed by atoms with Crippen LogP contribution in [0.25, 0.3) is 10.9 Å². The van der Waals surface area contributed by atoms with Crippen LogP contribution in [0.4, 0.5) is 13.2 Å². The molecule has 0 aliphatic rings. The highest BCUT2D eigenvalue weighted by Gasteiger charge is 2.31. The van der Waals surface area contributed by atoms with Gasteiger partial charge in [-0.1, -0.05) is 0 Å². The number of hydrogen-bond donors (Lipinski definition) is 0. The van der Waals surface area contributed by atoms with Gasteiger partial charge in [0, 0.05) is 12.4 Å². The Labute approximate surface area is 88.7 Å². The first-order chi connectivity index (χ1) is 7.43. The zero-order chi connectivity index (χ0) is 11.9. The smallest absolute Gasteiger partial charge is 0.257 e. The van der Waals surface area contributed by atoms with E-state index >= 15 is 0 Å². The summed E-state index contributed by atoms with van der Waals surface area (Å²) in [6, 6.07) is 5.05. The maximum absolute atomic E-state index is 12.4. The summed E-state index contributed by atoms with van der Waals surface area (Å²) in [5, 5.41) is 13.1. The average molecular weight is 225 g/mol. The summed E-state index contributed by atoms with van der Waals surface area (Å²) < 4.78 is 38.5. The van der Waals surface area contributed by atoms with E-state index in [1.807, 2.05) is 6.07 Å². The second kappa shape index (κ2) is 3.23. The normalized spacial score (nSPS) is 11.7. The molecule has 0 amide bonds. The predicted octanol–water partition coefficient (Wildman–Crippen LogP) is 2.46. The molecule has 0 spiro atoms. The van der Waals surface area contributed by atoms with E-state index in [-0.39, 0.29) is 11.2 Å². The molecule has 2 aromatic rings. The van der Waals surface area contributed by atoms with Gasteiger partial charge in [-0.15, -0.1) is 0 Å². The number of nitrogens with zero attached hydrogens (tertiary/aromatic N) is 3. The van der Waals surface area contributed by atoms with E-state index in [1.54, 1.807) is 0 Å². The Morgan fingerprint density at radius 3 is 2.62 bits per heavy atom. The number of nitriles is 1. The molecule has 0 bridgehead atoms. The van der Waals surface area contributed by atoms with Crippen LogP contribution in [0.3, 0.4) is 0 Å². The molecular formula is C10H6F3N3. The van der Waals surface area contributed by atoms with Crippen LogP contribution < -0.4 is 0 Å². The minimum atomic E-state index is -4.39. The minimum Gasteiger partial charge on any atom is -0.257 e. The summed E-state index contributed by atoms with van der Waals surface area (Å²) in [6.45, 7) is 0. The van der Waals surface area contributed by atoms with Gasteiger partial charge in [-0.05, 0) is 18.2 Å². The molecule has 0 N–H and O–H groups in total. The van der Waals surface area contributed by atoms with Crippen molar-refractivity contribution in [1.29, 1.82) is 5.26 Å². The first-order valence-corrected chi connectivity index (χ1v) is 4.37. The second-order valence-corrected chi connectivity index (χ2v) is 3.31. The average Bonchev–Trinajstić information content (AvgIpc) is 2.50. The Morgan fingerprint density at radius 1 is 1.38 bits per heavy atom. The molecule has 3 nitrogen and oxygen atoms in total. The largest absolute Gasteiger partial charge is 0.416 e. The molecule has 0 aliphatic heterocycles. The Bertz CT molecular complexity index is 590. The van der Waals surface area contributed by atoms with Crippen LogP contribution >= 0.6 is 0 Å². The maximum atomic E-state index is 12.4. The highest BCUT2D eigenvalue weighted by molar-refractivity contribution is 5.84. The van der Waals surface area contributed by atoms with E-state index in [0.29, 0.717) is 5.39 Å². The first-order valence-electron chi connectivity index (χ1n) is 4.37. The van der Waals surface area contributed by atoms with Gasteiger partial charge >= 0.3 is 6.18 Å². The maximum Gasteiger partial charge on any atom is 0.416 e. The fraction of sp³-hybridized carbons (Fsp3) is 0.200. The number of halogens is 3. The molecule has 6 heteroatoms. The molecule has 16 heavy (non-hydrogen) atoms. The lowest BCUT2D eigenvalue weighted by atomic mass is 10.1. The van der Waals surface area contributed by atoms with Gasteiger partial charge in [0.2, 0.25) is 0 Å². The zero-order valence-electron chi connectivity index (χ0n) is 8.21. The molecule has 1 aromatic carbocycles. The SMILES string of the molecule is Cn1nc2cc(C(F)(F)F)ccc2c1C#N. The molecule has 1 heterocycles. The van der Waals surface area contributed by atoms with Crippen molar-refractivity contribution in [3.8, 4) is 6.07 Å². The van der Waals surface area contributed by atoms with E-state index in [2.05, 4.69) is 5.10 Å². The van der Waals surface area contributed by atoms with Crippen LogP contribution in [0.1, 0.15) is 11.3 Å². The van der Waals surface area contributed by atoms with Gasteiger partial charge in [-0.2, -0.15) is 23.5 Å². The van der Waals surface area contributed by atoms with E-state index < -0.39 is 11.7 Å². The van der Waals surface area contributed by atoms with Crippen molar-refractivity contribution in [2.24, 2.45) is 7.05 Å². The Hall–Kier alpha value is -2.03. The Balaban J connectivity index is 2.71. The van der Waals surface area contributed by atoms with Crippen molar-refractivity contribution in [2.45, 2.75) is 6.18 Å². The molecule has 0 aliphatic carbocycles. The minimum absolute atomic E-state index is 0.175.